The first-order valence-electron chi connectivity index (χ1n) is 8.32. The molecule has 0 saturated heterocycles. The Hall–Kier alpha value is -1.52. The van der Waals surface area contributed by atoms with E-state index in [1.807, 2.05) is 0 Å². The maximum atomic E-state index is 11.6. The highest BCUT2D eigenvalue weighted by Gasteiger charge is 2.17. The molecule has 0 aliphatic carbocycles. The minimum atomic E-state index is -0.702. The minimum absolute atomic E-state index is 0.117. The number of amides is 1. The molecule has 1 atom stereocenters. The molecule has 0 bridgehead atoms. The number of carbonyl (C=O) groups is 2. The van der Waals surface area contributed by atoms with Crippen LogP contribution in [0.1, 0.15) is 65.2 Å². The Morgan fingerprint density at radius 2 is 1.64 bits per heavy atom. The predicted octanol–water partition coefficient (Wildman–Crippen LogP) is 3.97. The van der Waals surface area contributed by atoms with Crippen LogP contribution in [-0.2, 0) is 14.3 Å². The number of hydrogen-bond donors (Lipinski definition) is 1. The fourth-order valence-electron chi connectivity index (χ4n) is 1.95. The van der Waals surface area contributed by atoms with Crippen LogP contribution in [0.3, 0.4) is 0 Å². The largest absolute Gasteiger partial charge is 0.464 e. The molecule has 1 amide bonds. The van der Waals surface area contributed by atoms with E-state index >= 15 is 0 Å². The molecule has 0 aromatic carbocycles. The first kappa shape index (κ1) is 20.5. The van der Waals surface area contributed by atoms with Crippen molar-refractivity contribution in [3.8, 4) is 0 Å². The topological polar surface area (TPSA) is 64.6 Å². The van der Waals surface area contributed by atoms with Crippen LogP contribution in [0.5, 0.6) is 0 Å². The minimum Gasteiger partial charge on any atom is -0.464 e. The van der Waals surface area contributed by atoms with Gasteiger partial charge in [0.1, 0.15) is 12.6 Å². The van der Waals surface area contributed by atoms with Gasteiger partial charge in [-0.2, -0.15) is 0 Å². The SMILES string of the molecule is C=CCOC(=O)NC(C)C(=O)OCCCCCCCCCC. The second kappa shape index (κ2) is 14.4. The summed E-state index contributed by atoms with van der Waals surface area (Å²) in [6.45, 7) is 7.74. The van der Waals surface area contributed by atoms with Crippen LogP contribution in [-0.4, -0.2) is 31.3 Å². The lowest BCUT2D eigenvalue weighted by Crippen LogP contribution is -2.40. The molecule has 1 N–H and O–H groups in total. The Labute approximate surface area is 134 Å². The zero-order chi connectivity index (χ0) is 16.6. The molecule has 0 aliphatic heterocycles. The van der Waals surface area contributed by atoms with Crippen molar-refractivity contribution < 1.29 is 19.1 Å². The van der Waals surface area contributed by atoms with Crippen molar-refractivity contribution >= 4 is 12.1 Å². The number of hydrogen-bond acceptors (Lipinski definition) is 4. The van der Waals surface area contributed by atoms with E-state index in [0.717, 1.165) is 12.8 Å². The summed E-state index contributed by atoms with van der Waals surface area (Å²) in [6, 6.07) is -0.702. The third-order valence-electron chi connectivity index (χ3n) is 3.26. The van der Waals surface area contributed by atoms with E-state index < -0.39 is 18.1 Å². The molecule has 22 heavy (non-hydrogen) atoms. The quantitative estimate of drug-likeness (QED) is 0.317. The van der Waals surface area contributed by atoms with Gasteiger partial charge < -0.3 is 14.8 Å². The summed E-state index contributed by atoms with van der Waals surface area (Å²) in [5.74, 6) is -0.432. The molecule has 5 heteroatoms. The lowest BCUT2D eigenvalue weighted by atomic mass is 10.1. The molecular weight excluding hydrogens is 282 g/mol. The van der Waals surface area contributed by atoms with Crippen molar-refractivity contribution in [1.29, 1.82) is 0 Å². The maximum absolute atomic E-state index is 11.6. The molecule has 0 aromatic heterocycles. The van der Waals surface area contributed by atoms with Gasteiger partial charge in [-0.05, 0) is 13.3 Å². The smallest absolute Gasteiger partial charge is 0.408 e. The van der Waals surface area contributed by atoms with E-state index in [0.29, 0.717) is 6.61 Å². The van der Waals surface area contributed by atoms with Gasteiger partial charge in [-0.25, -0.2) is 9.59 Å². The van der Waals surface area contributed by atoms with Crippen molar-refractivity contribution in [3.05, 3.63) is 12.7 Å². The molecule has 0 radical (unpaired) electrons. The van der Waals surface area contributed by atoms with Crippen LogP contribution < -0.4 is 5.32 Å². The van der Waals surface area contributed by atoms with E-state index in [1.165, 1.54) is 44.6 Å². The van der Waals surface area contributed by atoms with E-state index in [9.17, 15) is 9.59 Å². The summed E-state index contributed by atoms with van der Waals surface area (Å²) < 4.78 is 9.86. The third-order valence-corrected chi connectivity index (χ3v) is 3.26. The Kier molecular flexibility index (Phi) is 13.4. The summed E-state index contributed by atoms with van der Waals surface area (Å²) in [5, 5.41) is 2.41. The Morgan fingerprint density at radius 3 is 2.23 bits per heavy atom. The molecule has 0 saturated carbocycles. The number of ether oxygens (including phenoxy) is 2. The molecule has 0 heterocycles. The molecule has 1 unspecified atom stereocenters. The number of rotatable bonds is 13. The molecule has 0 spiro atoms. The number of nitrogens with one attached hydrogen (secondary N) is 1. The normalized spacial score (nSPS) is 11.5. The van der Waals surface area contributed by atoms with Gasteiger partial charge in [0, 0.05) is 0 Å². The van der Waals surface area contributed by atoms with Crippen LogP contribution in [0.2, 0.25) is 0 Å². The van der Waals surface area contributed by atoms with Crippen LogP contribution in [0.15, 0.2) is 12.7 Å². The third kappa shape index (κ3) is 12.2. The summed E-state index contributed by atoms with van der Waals surface area (Å²) in [5.41, 5.74) is 0. The van der Waals surface area contributed by atoms with E-state index in [1.54, 1.807) is 6.92 Å². The van der Waals surface area contributed by atoms with Gasteiger partial charge in [-0.3, -0.25) is 0 Å². The standard InChI is InChI=1S/C17H31NO4/c1-4-6-7-8-9-10-11-12-14-21-16(19)15(3)18-17(20)22-13-5-2/h5,15H,2,4,6-14H2,1,3H3,(H,18,20). The molecule has 5 nitrogen and oxygen atoms in total. The van der Waals surface area contributed by atoms with Crippen molar-refractivity contribution in [2.75, 3.05) is 13.2 Å². The van der Waals surface area contributed by atoms with Gasteiger partial charge in [0.2, 0.25) is 0 Å². The summed E-state index contributed by atoms with van der Waals surface area (Å²) in [7, 11) is 0. The van der Waals surface area contributed by atoms with E-state index in [-0.39, 0.29) is 6.61 Å². The van der Waals surface area contributed by atoms with Crippen molar-refractivity contribution in [1.82, 2.24) is 5.32 Å². The Morgan fingerprint density at radius 1 is 1.05 bits per heavy atom. The predicted molar refractivity (Wildman–Crippen MR) is 87.7 cm³/mol. The van der Waals surface area contributed by atoms with Gasteiger partial charge in [-0.15, -0.1) is 0 Å². The Balaban J connectivity index is 3.51. The van der Waals surface area contributed by atoms with Crippen LogP contribution in [0.25, 0.3) is 0 Å². The van der Waals surface area contributed by atoms with Gasteiger partial charge in [-0.1, -0.05) is 64.5 Å². The van der Waals surface area contributed by atoms with Gasteiger partial charge in [0.05, 0.1) is 6.61 Å². The second-order valence-electron chi connectivity index (χ2n) is 5.40. The second-order valence-corrected chi connectivity index (χ2v) is 5.40. The number of carbonyl (C=O) groups excluding carboxylic acids is 2. The van der Waals surface area contributed by atoms with Crippen molar-refractivity contribution in [2.45, 2.75) is 71.3 Å². The average molecular weight is 313 g/mol. The first-order valence-corrected chi connectivity index (χ1v) is 8.32. The lowest BCUT2D eigenvalue weighted by molar-refractivity contribution is -0.145. The number of esters is 1. The molecule has 128 valence electrons. The highest BCUT2D eigenvalue weighted by molar-refractivity contribution is 5.80. The maximum Gasteiger partial charge on any atom is 0.408 e. The lowest BCUT2D eigenvalue weighted by Gasteiger charge is -2.13. The molecular formula is C17H31NO4. The summed E-state index contributed by atoms with van der Waals surface area (Å²) in [4.78, 5) is 22.9. The molecule has 0 aromatic rings. The molecule has 0 rings (SSSR count). The highest BCUT2D eigenvalue weighted by atomic mass is 16.6. The summed E-state index contributed by atoms with van der Waals surface area (Å²) >= 11 is 0. The first-order chi connectivity index (χ1) is 10.6. The van der Waals surface area contributed by atoms with Crippen LogP contribution in [0, 0.1) is 0 Å². The fraction of sp³-hybridized carbons (Fsp3) is 0.765. The summed E-state index contributed by atoms with van der Waals surface area (Å²) in [6.07, 6.45) is 10.4. The highest BCUT2D eigenvalue weighted by Crippen LogP contribution is 2.08. The molecule has 0 fully saturated rings. The Bertz CT molecular complexity index is 318. The van der Waals surface area contributed by atoms with Crippen LogP contribution >= 0.6 is 0 Å². The van der Waals surface area contributed by atoms with Gasteiger partial charge in [0.15, 0.2) is 0 Å². The van der Waals surface area contributed by atoms with Crippen LogP contribution in [0.4, 0.5) is 4.79 Å². The number of alkyl carbamates (subject to hydrolysis) is 1. The number of unbranched alkanes of at least 4 members (excludes halogenated alkanes) is 7. The van der Waals surface area contributed by atoms with E-state index in [4.69, 9.17) is 9.47 Å². The van der Waals surface area contributed by atoms with Gasteiger partial charge in [0.25, 0.3) is 0 Å². The van der Waals surface area contributed by atoms with Crippen molar-refractivity contribution in [2.24, 2.45) is 0 Å². The monoisotopic (exact) mass is 313 g/mol. The fourth-order valence-corrected chi connectivity index (χ4v) is 1.95. The van der Waals surface area contributed by atoms with E-state index in [2.05, 4.69) is 18.8 Å². The zero-order valence-electron chi connectivity index (χ0n) is 14.1. The van der Waals surface area contributed by atoms with Crippen molar-refractivity contribution in [3.63, 3.8) is 0 Å². The average Bonchev–Trinajstić information content (AvgIpc) is 2.51. The zero-order valence-corrected chi connectivity index (χ0v) is 14.1. The molecule has 0 aliphatic rings. The van der Waals surface area contributed by atoms with Gasteiger partial charge >= 0.3 is 12.1 Å².